The summed E-state index contributed by atoms with van der Waals surface area (Å²) in [6.45, 7) is 3.11. The number of aromatic nitrogens is 3. The Labute approximate surface area is 117 Å². The van der Waals surface area contributed by atoms with E-state index in [9.17, 15) is 0 Å². The van der Waals surface area contributed by atoms with E-state index in [1.807, 2.05) is 19.1 Å². The molecule has 0 saturated carbocycles. The van der Waals surface area contributed by atoms with E-state index >= 15 is 0 Å². The zero-order chi connectivity index (χ0) is 13.9. The minimum absolute atomic E-state index is 0.317. The van der Waals surface area contributed by atoms with Gasteiger partial charge in [-0.1, -0.05) is 12.1 Å². The van der Waals surface area contributed by atoms with Crippen molar-refractivity contribution in [1.29, 1.82) is 0 Å². The van der Waals surface area contributed by atoms with Crippen LogP contribution in [0.1, 0.15) is 12.5 Å². The zero-order valence-electron chi connectivity index (χ0n) is 11.5. The second kappa shape index (κ2) is 5.32. The summed E-state index contributed by atoms with van der Waals surface area (Å²) >= 11 is 0. The molecule has 1 N–H and O–H groups in total. The van der Waals surface area contributed by atoms with Crippen molar-refractivity contribution in [2.45, 2.75) is 13.3 Å². The molecule has 1 aromatic heterocycles. The molecule has 0 saturated heterocycles. The third-order valence-corrected chi connectivity index (χ3v) is 3.07. The summed E-state index contributed by atoms with van der Waals surface area (Å²) in [6.07, 6.45) is 0.922. The second-order valence-corrected chi connectivity index (χ2v) is 4.34. The average molecular weight is 272 g/mol. The summed E-state index contributed by atoms with van der Waals surface area (Å²) in [4.78, 5) is 12.9. The highest BCUT2D eigenvalue weighted by atomic mass is 16.5. The first kappa shape index (κ1) is 12.7. The van der Waals surface area contributed by atoms with Gasteiger partial charge in [0, 0.05) is 13.5 Å². The molecule has 20 heavy (non-hydrogen) atoms. The van der Waals surface area contributed by atoms with Gasteiger partial charge >= 0.3 is 6.01 Å². The molecular weight excluding hydrogens is 256 g/mol. The van der Waals surface area contributed by atoms with Crippen LogP contribution in [0.25, 0.3) is 11.4 Å². The van der Waals surface area contributed by atoms with Gasteiger partial charge in [0.1, 0.15) is 5.75 Å². The van der Waals surface area contributed by atoms with Crippen molar-refractivity contribution in [3.63, 3.8) is 0 Å². The molecule has 0 amide bonds. The Morgan fingerprint density at radius 3 is 3.00 bits per heavy atom. The van der Waals surface area contributed by atoms with E-state index in [0.29, 0.717) is 31.0 Å². The molecule has 0 spiro atoms. The lowest BCUT2D eigenvalue weighted by Gasteiger charge is -2.09. The monoisotopic (exact) mass is 272 g/mol. The Hall–Kier alpha value is -2.37. The van der Waals surface area contributed by atoms with Crippen molar-refractivity contribution in [2.75, 3.05) is 25.6 Å². The van der Waals surface area contributed by atoms with E-state index in [1.165, 1.54) is 5.56 Å². The number of ether oxygens (including phenoxy) is 2. The Morgan fingerprint density at radius 2 is 2.20 bits per heavy atom. The second-order valence-electron chi connectivity index (χ2n) is 4.34. The van der Waals surface area contributed by atoms with Gasteiger partial charge in [0.25, 0.3) is 0 Å². The summed E-state index contributed by atoms with van der Waals surface area (Å²) in [6, 6.07) is 6.33. The molecule has 0 unspecified atom stereocenters. The predicted octanol–water partition coefficient (Wildman–Crippen LogP) is 1.91. The Bertz CT molecular complexity index is 631. The fourth-order valence-corrected chi connectivity index (χ4v) is 2.17. The van der Waals surface area contributed by atoms with Gasteiger partial charge in [0.2, 0.25) is 5.95 Å². The van der Waals surface area contributed by atoms with Crippen LogP contribution in [0, 0.1) is 0 Å². The normalized spacial score (nSPS) is 12.7. The smallest absolute Gasteiger partial charge is 0.321 e. The van der Waals surface area contributed by atoms with Crippen LogP contribution >= 0.6 is 0 Å². The van der Waals surface area contributed by atoms with Crippen molar-refractivity contribution >= 4 is 5.95 Å². The standard InChI is InChI=1S/C14H16N4O2/c1-3-19-14-17-12(16-13(15-2)18-14)10-6-4-5-9-7-8-20-11(9)10/h4-6H,3,7-8H2,1-2H3,(H,15,16,17,18). The van der Waals surface area contributed by atoms with E-state index in [-0.39, 0.29) is 0 Å². The fraction of sp³-hybridized carbons (Fsp3) is 0.357. The van der Waals surface area contributed by atoms with Crippen LogP contribution in [-0.4, -0.2) is 35.2 Å². The third-order valence-electron chi connectivity index (χ3n) is 3.07. The van der Waals surface area contributed by atoms with Gasteiger partial charge in [-0.2, -0.15) is 15.0 Å². The minimum atomic E-state index is 0.317. The molecule has 0 aliphatic carbocycles. The fourth-order valence-electron chi connectivity index (χ4n) is 2.17. The number of benzene rings is 1. The van der Waals surface area contributed by atoms with Gasteiger partial charge in [-0.15, -0.1) is 0 Å². The Kier molecular flexibility index (Phi) is 3.37. The molecule has 2 aromatic rings. The maximum atomic E-state index is 5.70. The van der Waals surface area contributed by atoms with Gasteiger partial charge in [-0.25, -0.2) is 0 Å². The Balaban J connectivity index is 2.10. The molecular formula is C14H16N4O2. The summed E-state index contributed by atoms with van der Waals surface area (Å²) < 4.78 is 11.1. The van der Waals surface area contributed by atoms with E-state index < -0.39 is 0 Å². The molecule has 6 heteroatoms. The summed E-state index contributed by atoms with van der Waals surface area (Å²) in [5.41, 5.74) is 2.06. The molecule has 1 aliphatic heterocycles. The van der Waals surface area contributed by atoms with Crippen molar-refractivity contribution < 1.29 is 9.47 Å². The lowest BCUT2D eigenvalue weighted by Crippen LogP contribution is -2.05. The summed E-state index contributed by atoms with van der Waals surface area (Å²) in [7, 11) is 1.76. The van der Waals surface area contributed by atoms with Crippen LogP contribution in [-0.2, 0) is 6.42 Å². The zero-order valence-corrected chi connectivity index (χ0v) is 11.5. The third kappa shape index (κ3) is 2.24. The quantitative estimate of drug-likeness (QED) is 0.917. The molecule has 1 aromatic carbocycles. The van der Waals surface area contributed by atoms with Crippen LogP contribution in [0.5, 0.6) is 11.8 Å². The molecule has 0 bridgehead atoms. The first-order chi connectivity index (χ1) is 9.81. The van der Waals surface area contributed by atoms with Crippen LogP contribution in [0.15, 0.2) is 18.2 Å². The number of anilines is 1. The highest BCUT2D eigenvalue weighted by Gasteiger charge is 2.19. The van der Waals surface area contributed by atoms with Crippen LogP contribution in [0.4, 0.5) is 5.95 Å². The molecule has 2 heterocycles. The van der Waals surface area contributed by atoms with Crippen LogP contribution < -0.4 is 14.8 Å². The van der Waals surface area contributed by atoms with E-state index in [0.717, 1.165) is 17.7 Å². The van der Waals surface area contributed by atoms with Crippen LogP contribution in [0.2, 0.25) is 0 Å². The van der Waals surface area contributed by atoms with Gasteiger partial charge in [0.15, 0.2) is 5.82 Å². The number of nitrogens with one attached hydrogen (secondary N) is 1. The van der Waals surface area contributed by atoms with Crippen molar-refractivity contribution in [2.24, 2.45) is 0 Å². The average Bonchev–Trinajstić information content (AvgIpc) is 2.95. The lowest BCUT2D eigenvalue weighted by atomic mass is 10.1. The summed E-state index contributed by atoms with van der Waals surface area (Å²) in [5, 5.41) is 2.92. The molecule has 0 atom stereocenters. The molecule has 0 radical (unpaired) electrons. The highest BCUT2D eigenvalue weighted by Crippen LogP contribution is 2.35. The van der Waals surface area contributed by atoms with Gasteiger partial charge in [0.05, 0.1) is 18.8 Å². The van der Waals surface area contributed by atoms with E-state index in [4.69, 9.17) is 9.47 Å². The topological polar surface area (TPSA) is 69.2 Å². The lowest BCUT2D eigenvalue weighted by molar-refractivity contribution is 0.312. The SMILES string of the molecule is CCOc1nc(NC)nc(-c2cccc3c2OCC3)n1. The maximum absolute atomic E-state index is 5.70. The first-order valence-electron chi connectivity index (χ1n) is 6.63. The summed E-state index contributed by atoms with van der Waals surface area (Å²) in [5.74, 6) is 1.91. The molecule has 6 nitrogen and oxygen atoms in total. The molecule has 3 rings (SSSR count). The maximum Gasteiger partial charge on any atom is 0.321 e. The number of rotatable bonds is 4. The van der Waals surface area contributed by atoms with E-state index in [1.54, 1.807) is 7.05 Å². The Morgan fingerprint density at radius 1 is 1.30 bits per heavy atom. The van der Waals surface area contributed by atoms with Gasteiger partial charge < -0.3 is 14.8 Å². The van der Waals surface area contributed by atoms with Crippen molar-refractivity contribution in [3.8, 4) is 23.1 Å². The van der Waals surface area contributed by atoms with E-state index in [2.05, 4.69) is 26.3 Å². The highest BCUT2D eigenvalue weighted by molar-refractivity contribution is 5.68. The predicted molar refractivity (Wildman–Crippen MR) is 75.2 cm³/mol. The number of para-hydroxylation sites is 1. The number of hydrogen-bond acceptors (Lipinski definition) is 6. The largest absolute Gasteiger partial charge is 0.492 e. The molecule has 104 valence electrons. The van der Waals surface area contributed by atoms with Crippen LogP contribution in [0.3, 0.4) is 0 Å². The minimum Gasteiger partial charge on any atom is -0.492 e. The first-order valence-corrected chi connectivity index (χ1v) is 6.63. The van der Waals surface area contributed by atoms with Gasteiger partial charge in [-0.3, -0.25) is 0 Å². The van der Waals surface area contributed by atoms with Gasteiger partial charge in [-0.05, 0) is 18.6 Å². The number of hydrogen-bond donors (Lipinski definition) is 1. The number of nitrogens with zero attached hydrogens (tertiary/aromatic N) is 3. The molecule has 1 aliphatic rings. The van der Waals surface area contributed by atoms with Crippen molar-refractivity contribution in [1.82, 2.24) is 15.0 Å². The molecule has 0 fully saturated rings. The number of fused-ring (bicyclic) bond motifs is 1. The van der Waals surface area contributed by atoms with Crippen molar-refractivity contribution in [3.05, 3.63) is 23.8 Å².